The molecule has 2 nitrogen and oxygen atoms in total. The van der Waals surface area contributed by atoms with Crippen LogP contribution in [-0.2, 0) is 0 Å². The van der Waals surface area contributed by atoms with E-state index in [1.54, 1.807) is 0 Å². The van der Waals surface area contributed by atoms with Crippen molar-refractivity contribution in [2.45, 2.75) is 45.1 Å². The predicted molar refractivity (Wildman–Crippen MR) is 50.8 cm³/mol. The Hall–Kier alpha value is -0.0800. The lowest BCUT2D eigenvalue weighted by Crippen LogP contribution is -2.27. The molecule has 1 fully saturated rings. The molecule has 0 amide bonds. The van der Waals surface area contributed by atoms with Crippen molar-refractivity contribution in [1.29, 1.82) is 0 Å². The number of aliphatic hydroxyl groups is 1. The highest BCUT2D eigenvalue weighted by Crippen LogP contribution is 2.31. The second-order valence-electron chi connectivity index (χ2n) is 4.18. The van der Waals surface area contributed by atoms with Crippen LogP contribution in [0.3, 0.4) is 0 Å². The molecule has 3 unspecified atom stereocenters. The summed E-state index contributed by atoms with van der Waals surface area (Å²) in [6.45, 7) is 2.90. The third-order valence-corrected chi connectivity index (χ3v) is 2.98. The van der Waals surface area contributed by atoms with Crippen molar-refractivity contribution in [2.75, 3.05) is 6.54 Å². The molecule has 0 radical (unpaired) electrons. The molecule has 72 valence electrons. The highest BCUT2D eigenvalue weighted by Gasteiger charge is 2.24. The summed E-state index contributed by atoms with van der Waals surface area (Å²) in [6.07, 6.45) is 5.65. The molecular weight excluding hydrogens is 150 g/mol. The van der Waals surface area contributed by atoms with Crippen LogP contribution in [0.15, 0.2) is 0 Å². The van der Waals surface area contributed by atoms with E-state index in [0.717, 1.165) is 12.3 Å². The van der Waals surface area contributed by atoms with Gasteiger partial charge < -0.3 is 10.8 Å². The molecule has 0 aromatic heterocycles. The number of aliphatic hydroxyl groups excluding tert-OH is 1. The van der Waals surface area contributed by atoms with Crippen LogP contribution >= 0.6 is 0 Å². The van der Waals surface area contributed by atoms with Gasteiger partial charge in [-0.3, -0.25) is 0 Å². The van der Waals surface area contributed by atoms with Crippen molar-refractivity contribution in [2.24, 2.45) is 17.6 Å². The van der Waals surface area contributed by atoms with E-state index in [-0.39, 0.29) is 6.10 Å². The lowest BCUT2D eigenvalue weighted by Gasteiger charge is -2.30. The Labute approximate surface area is 75.2 Å². The zero-order valence-electron chi connectivity index (χ0n) is 8.00. The largest absolute Gasteiger partial charge is 0.393 e. The topological polar surface area (TPSA) is 46.2 Å². The lowest BCUT2D eigenvalue weighted by molar-refractivity contribution is 0.0668. The van der Waals surface area contributed by atoms with E-state index >= 15 is 0 Å². The molecule has 3 N–H and O–H groups in total. The maximum Gasteiger partial charge on any atom is 0.0580 e. The van der Waals surface area contributed by atoms with Gasteiger partial charge in [0.05, 0.1) is 6.10 Å². The van der Waals surface area contributed by atoms with Gasteiger partial charge >= 0.3 is 0 Å². The van der Waals surface area contributed by atoms with Gasteiger partial charge in [0, 0.05) is 0 Å². The molecule has 1 saturated carbocycles. The van der Waals surface area contributed by atoms with E-state index in [1.807, 2.05) is 0 Å². The minimum Gasteiger partial charge on any atom is -0.393 e. The minimum atomic E-state index is -0.141. The van der Waals surface area contributed by atoms with E-state index in [2.05, 4.69) is 6.92 Å². The SMILES string of the molecule is CC1CCCC(C(O)CCN)C1. The summed E-state index contributed by atoms with van der Waals surface area (Å²) in [5.41, 5.74) is 5.41. The van der Waals surface area contributed by atoms with Crippen LogP contribution in [-0.4, -0.2) is 17.8 Å². The van der Waals surface area contributed by atoms with Crippen molar-refractivity contribution < 1.29 is 5.11 Å². The average Bonchev–Trinajstić information content (AvgIpc) is 2.05. The molecule has 0 aliphatic heterocycles. The zero-order valence-corrected chi connectivity index (χ0v) is 8.00. The summed E-state index contributed by atoms with van der Waals surface area (Å²) in [4.78, 5) is 0. The second kappa shape index (κ2) is 4.83. The van der Waals surface area contributed by atoms with Crippen molar-refractivity contribution >= 4 is 0 Å². The molecule has 12 heavy (non-hydrogen) atoms. The van der Waals surface area contributed by atoms with Gasteiger partial charge in [0.15, 0.2) is 0 Å². The van der Waals surface area contributed by atoms with E-state index in [4.69, 9.17) is 5.73 Å². The molecule has 1 aliphatic rings. The maximum atomic E-state index is 9.71. The fraction of sp³-hybridized carbons (Fsp3) is 1.00. The van der Waals surface area contributed by atoms with Gasteiger partial charge in [0.25, 0.3) is 0 Å². The summed E-state index contributed by atoms with van der Waals surface area (Å²) >= 11 is 0. The van der Waals surface area contributed by atoms with Crippen molar-refractivity contribution in [1.82, 2.24) is 0 Å². The van der Waals surface area contributed by atoms with E-state index < -0.39 is 0 Å². The summed E-state index contributed by atoms with van der Waals surface area (Å²) in [6, 6.07) is 0. The number of hydrogen-bond donors (Lipinski definition) is 2. The molecule has 0 bridgehead atoms. The van der Waals surface area contributed by atoms with Gasteiger partial charge in [-0.1, -0.05) is 19.8 Å². The van der Waals surface area contributed by atoms with Crippen LogP contribution in [0.4, 0.5) is 0 Å². The Morgan fingerprint density at radius 2 is 2.25 bits per heavy atom. The molecule has 2 heteroatoms. The van der Waals surface area contributed by atoms with E-state index in [0.29, 0.717) is 12.5 Å². The van der Waals surface area contributed by atoms with Gasteiger partial charge in [-0.25, -0.2) is 0 Å². The van der Waals surface area contributed by atoms with E-state index in [1.165, 1.54) is 25.7 Å². The van der Waals surface area contributed by atoms with Crippen LogP contribution in [0.2, 0.25) is 0 Å². The van der Waals surface area contributed by atoms with Crippen LogP contribution < -0.4 is 5.73 Å². The number of rotatable bonds is 3. The normalized spacial score (nSPS) is 33.2. The van der Waals surface area contributed by atoms with Crippen molar-refractivity contribution in [3.05, 3.63) is 0 Å². The highest BCUT2D eigenvalue weighted by molar-refractivity contribution is 4.76. The minimum absolute atomic E-state index is 0.141. The Bertz CT molecular complexity index is 127. The molecular formula is C10H21NO. The van der Waals surface area contributed by atoms with Gasteiger partial charge in [-0.15, -0.1) is 0 Å². The molecule has 1 rings (SSSR count). The Morgan fingerprint density at radius 1 is 1.50 bits per heavy atom. The average molecular weight is 171 g/mol. The van der Waals surface area contributed by atoms with Gasteiger partial charge in [-0.05, 0) is 37.6 Å². The maximum absolute atomic E-state index is 9.71. The molecule has 0 saturated heterocycles. The third kappa shape index (κ3) is 2.76. The monoisotopic (exact) mass is 171 g/mol. The standard InChI is InChI=1S/C10H21NO/c1-8-3-2-4-9(7-8)10(12)5-6-11/h8-10,12H,2-7,11H2,1H3. The first-order valence-corrected chi connectivity index (χ1v) is 5.12. The van der Waals surface area contributed by atoms with Crippen molar-refractivity contribution in [3.63, 3.8) is 0 Å². The smallest absolute Gasteiger partial charge is 0.0580 e. The summed E-state index contributed by atoms with van der Waals surface area (Å²) in [5, 5.41) is 9.71. The molecule has 0 aromatic carbocycles. The predicted octanol–water partition coefficient (Wildman–Crippen LogP) is 1.52. The Morgan fingerprint density at radius 3 is 2.83 bits per heavy atom. The summed E-state index contributed by atoms with van der Waals surface area (Å²) in [7, 11) is 0. The number of nitrogens with two attached hydrogens (primary N) is 1. The highest BCUT2D eigenvalue weighted by atomic mass is 16.3. The quantitative estimate of drug-likeness (QED) is 0.676. The molecule has 0 heterocycles. The molecule has 1 aliphatic carbocycles. The van der Waals surface area contributed by atoms with Gasteiger partial charge in [0.1, 0.15) is 0 Å². The lowest BCUT2D eigenvalue weighted by atomic mass is 9.79. The fourth-order valence-corrected chi connectivity index (χ4v) is 2.24. The second-order valence-corrected chi connectivity index (χ2v) is 4.18. The van der Waals surface area contributed by atoms with Crippen LogP contribution in [0.5, 0.6) is 0 Å². The fourth-order valence-electron chi connectivity index (χ4n) is 2.24. The van der Waals surface area contributed by atoms with Gasteiger partial charge in [0.2, 0.25) is 0 Å². The first-order chi connectivity index (χ1) is 5.74. The van der Waals surface area contributed by atoms with Gasteiger partial charge in [-0.2, -0.15) is 0 Å². The zero-order chi connectivity index (χ0) is 8.97. The van der Waals surface area contributed by atoms with Crippen LogP contribution in [0, 0.1) is 11.8 Å². The molecule has 3 atom stereocenters. The number of hydrogen-bond acceptors (Lipinski definition) is 2. The third-order valence-electron chi connectivity index (χ3n) is 2.98. The van der Waals surface area contributed by atoms with Crippen LogP contribution in [0.1, 0.15) is 39.0 Å². The summed E-state index contributed by atoms with van der Waals surface area (Å²) < 4.78 is 0. The molecule has 0 spiro atoms. The Kier molecular flexibility index (Phi) is 4.02. The van der Waals surface area contributed by atoms with Crippen LogP contribution in [0.25, 0.3) is 0 Å². The summed E-state index contributed by atoms with van der Waals surface area (Å²) in [5.74, 6) is 1.33. The Balaban J connectivity index is 2.29. The first-order valence-electron chi connectivity index (χ1n) is 5.12. The molecule has 0 aromatic rings. The first kappa shape index (κ1) is 10.0. The van der Waals surface area contributed by atoms with Crippen molar-refractivity contribution in [3.8, 4) is 0 Å². The van der Waals surface area contributed by atoms with E-state index in [9.17, 15) is 5.11 Å².